The molecule has 0 aliphatic carbocycles. The lowest BCUT2D eigenvalue weighted by atomic mass is 10.00. The van der Waals surface area contributed by atoms with Crippen LogP contribution in [-0.2, 0) is 29.0 Å². The topological polar surface area (TPSA) is 49.4 Å². The van der Waals surface area contributed by atoms with Gasteiger partial charge in [-0.1, -0.05) is 88.9 Å². The molecule has 0 fully saturated rings. The molecule has 0 aliphatic rings. The van der Waals surface area contributed by atoms with Crippen LogP contribution in [0.5, 0.6) is 0 Å². The van der Waals surface area contributed by atoms with Crippen LogP contribution >= 0.6 is 46.4 Å². The van der Waals surface area contributed by atoms with Crippen LogP contribution in [-0.4, -0.2) is 28.3 Å². The van der Waals surface area contributed by atoms with E-state index in [2.05, 4.69) is 5.32 Å². The Morgan fingerprint density at radius 2 is 1.53 bits per heavy atom. The number of nitrogens with one attached hydrogen (secondary N) is 1. The number of benzene rings is 3. The van der Waals surface area contributed by atoms with E-state index in [4.69, 9.17) is 46.4 Å². The zero-order valence-electron chi connectivity index (χ0n) is 20.3. The molecular weight excluding hydrogens is 538 g/mol. The van der Waals surface area contributed by atoms with E-state index < -0.39 is 11.6 Å². The smallest absolute Gasteiger partial charge is 0.243 e. The number of amides is 2. The van der Waals surface area contributed by atoms with Crippen molar-refractivity contribution in [3.8, 4) is 0 Å². The van der Waals surface area contributed by atoms with E-state index in [1.165, 1.54) is 0 Å². The molecule has 0 radical (unpaired) electrons. The second-order valence-electron chi connectivity index (χ2n) is 9.63. The molecule has 0 saturated heterocycles. The van der Waals surface area contributed by atoms with E-state index in [-0.39, 0.29) is 24.8 Å². The quantitative estimate of drug-likeness (QED) is 0.309. The first kappa shape index (κ1) is 28.3. The summed E-state index contributed by atoms with van der Waals surface area (Å²) in [5.41, 5.74) is 1.83. The third-order valence-corrected chi connectivity index (χ3v) is 6.79. The largest absolute Gasteiger partial charge is 0.350 e. The van der Waals surface area contributed by atoms with Crippen molar-refractivity contribution in [2.75, 3.05) is 0 Å². The van der Waals surface area contributed by atoms with Crippen molar-refractivity contribution in [1.29, 1.82) is 0 Å². The van der Waals surface area contributed by atoms with Crippen LogP contribution in [0.4, 0.5) is 0 Å². The van der Waals surface area contributed by atoms with Gasteiger partial charge in [-0.25, -0.2) is 0 Å². The molecular formula is C28H28Cl4N2O2. The minimum absolute atomic E-state index is 0.00537. The van der Waals surface area contributed by atoms with Gasteiger partial charge < -0.3 is 10.2 Å². The summed E-state index contributed by atoms with van der Waals surface area (Å²) in [4.78, 5) is 29.0. The van der Waals surface area contributed by atoms with Crippen LogP contribution in [0.2, 0.25) is 20.1 Å². The summed E-state index contributed by atoms with van der Waals surface area (Å²) in [5, 5.41) is 4.71. The Morgan fingerprint density at radius 1 is 0.833 bits per heavy atom. The molecule has 36 heavy (non-hydrogen) atoms. The summed E-state index contributed by atoms with van der Waals surface area (Å²) in [6.45, 7) is 5.88. The molecule has 3 rings (SSSR count). The molecule has 0 spiro atoms. The van der Waals surface area contributed by atoms with Crippen molar-refractivity contribution in [1.82, 2.24) is 10.2 Å². The molecule has 1 N–H and O–H groups in total. The van der Waals surface area contributed by atoms with Crippen molar-refractivity contribution in [2.45, 2.75) is 51.7 Å². The maximum absolute atomic E-state index is 13.8. The van der Waals surface area contributed by atoms with E-state index >= 15 is 0 Å². The lowest BCUT2D eigenvalue weighted by molar-refractivity contribution is -0.141. The van der Waals surface area contributed by atoms with E-state index in [1.807, 2.05) is 51.1 Å². The Bertz CT molecular complexity index is 1230. The van der Waals surface area contributed by atoms with E-state index in [1.54, 1.807) is 41.3 Å². The summed E-state index contributed by atoms with van der Waals surface area (Å²) < 4.78 is 0. The van der Waals surface area contributed by atoms with Gasteiger partial charge in [-0.05, 0) is 61.7 Å². The molecule has 0 aliphatic heterocycles. The Labute approximate surface area is 232 Å². The SMILES string of the molecule is CC(C)(C)NC(=O)C(Cc1ccccc1)N(Cc1ccc(Cl)c(Cl)c1)C(=O)Cc1ccc(Cl)cc1Cl. The number of hydrogen-bond donors (Lipinski definition) is 1. The van der Waals surface area contributed by atoms with Gasteiger partial charge in [0.2, 0.25) is 11.8 Å². The third kappa shape index (κ3) is 8.14. The molecule has 1 unspecified atom stereocenters. The average Bonchev–Trinajstić information content (AvgIpc) is 2.79. The van der Waals surface area contributed by atoms with Gasteiger partial charge in [-0.2, -0.15) is 0 Å². The normalized spacial score (nSPS) is 12.2. The van der Waals surface area contributed by atoms with Crippen LogP contribution in [0.3, 0.4) is 0 Å². The van der Waals surface area contributed by atoms with Crippen molar-refractivity contribution in [3.05, 3.63) is 104 Å². The predicted octanol–water partition coefficient (Wildman–Crippen LogP) is 7.40. The fraction of sp³-hybridized carbons (Fsp3) is 0.286. The molecule has 3 aromatic rings. The Hall–Kier alpha value is -2.24. The molecule has 0 saturated carbocycles. The maximum Gasteiger partial charge on any atom is 0.243 e. The van der Waals surface area contributed by atoms with Crippen LogP contribution < -0.4 is 5.32 Å². The molecule has 1 atom stereocenters. The van der Waals surface area contributed by atoms with E-state index in [0.29, 0.717) is 32.1 Å². The molecule has 2 amide bonds. The van der Waals surface area contributed by atoms with Crippen molar-refractivity contribution >= 4 is 58.2 Å². The summed E-state index contributed by atoms with van der Waals surface area (Å²) in [5.74, 6) is -0.503. The fourth-order valence-corrected chi connectivity index (χ4v) is 4.57. The minimum Gasteiger partial charge on any atom is -0.350 e. The predicted molar refractivity (Wildman–Crippen MR) is 149 cm³/mol. The second-order valence-corrected chi connectivity index (χ2v) is 11.3. The summed E-state index contributed by atoms with van der Waals surface area (Å²) in [6.07, 6.45) is 0.343. The lowest BCUT2D eigenvalue weighted by Gasteiger charge is -2.34. The number of rotatable bonds is 8. The van der Waals surface area contributed by atoms with Gasteiger partial charge >= 0.3 is 0 Å². The van der Waals surface area contributed by atoms with Crippen LogP contribution in [0.25, 0.3) is 0 Å². The Kier molecular flexibility index (Phi) is 9.71. The zero-order valence-corrected chi connectivity index (χ0v) is 23.3. The van der Waals surface area contributed by atoms with Crippen LogP contribution in [0, 0.1) is 0 Å². The highest BCUT2D eigenvalue weighted by atomic mass is 35.5. The van der Waals surface area contributed by atoms with Crippen LogP contribution in [0.15, 0.2) is 66.7 Å². The van der Waals surface area contributed by atoms with Crippen LogP contribution in [0.1, 0.15) is 37.5 Å². The third-order valence-electron chi connectivity index (χ3n) is 5.46. The van der Waals surface area contributed by atoms with Crippen molar-refractivity contribution in [2.24, 2.45) is 0 Å². The first-order valence-corrected chi connectivity index (χ1v) is 13.0. The number of hydrogen-bond acceptors (Lipinski definition) is 2. The number of carbonyl (C=O) groups excluding carboxylic acids is 2. The molecule has 190 valence electrons. The van der Waals surface area contributed by atoms with Crippen molar-refractivity contribution in [3.63, 3.8) is 0 Å². The van der Waals surface area contributed by atoms with Gasteiger partial charge in [0, 0.05) is 28.5 Å². The molecule has 0 heterocycles. The minimum atomic E-state index is -0.778. The summed E-state index contributed by atoms with van der Waals surface area (Å²) in [7, 11) is 0. The maximum atomic E-state index is 13.8. The number of halogens is 4. The van der Waals surface area contributed by atoms with Gasteiger partial charge in [-0.15, -0.1) is 0 Å². The second kappa shape index (κ2) is 12.3. The van der Waals surface area contributed by atoms with Gasteiger partial charge in [0.05, 0.1) is 16.5 Å². The standard InChI is InChI=1S/C28H28Cl4N2O2/c1-28(2,3)33-27(36)25(14-18-7-5-4-6-8-18)34(17-19-9-12-22(30)24(32)13-19)26(35)15-20-10-11-21(29)16-23(20)31/h4-13,16,25H,14-15,17H2,1-3H3,(H,33,36). The number of nitrogens with zero attached hydrogens (tertiary/aromatic N) is 1. The van der Waals surface area contributed by atoms with Gasteiger partial charge in [0.25, 0.3) is 0 Å². The van der Waals surface area contributed by atoms with E-state index in [0.717, 1.165) is 11.1 Å². The zero-order chi connectivity index (χ0) is 26.5. The van der Waals surface area contributed by atoms with Gasteiger partial charge in [0.15, 0.2) is 0 Å². The Morgan fingerprint density at radius 3 is 2.14 bits per heavy atom. The highest BCUT2D eigenvalue weighted by Gasteiger charge is 2.32. The van der Waals surface area contributed by atoms with E-state index in [9.17, 15) is 9.59 Å². The van der Waals surface area contributed by atoms with Crippen molar-refractivity contribution < 1.29 is 9.59 Å². The monoisotopic (exact) mass is 564 g/mol. The average molecular weight is 566 g/mol. The number of carbonyl (C=O) groups is 2. The molecule has 0 aromatic heterocycles. The summed E-state index contributed by atoms with van der Waals surface area (Å²) >= 11 is 24.8. The first-order valence-electron chi connectivity index (χ1n) is 11.5. The van der Waals surface area contributed by atoms with Gasteiger partial charge in [0.1, 0.15) is 6.04 Å². The lowest BCUT2D eigenvalue weighted by Crippen LogP contribution is -2.54. The molecule has 8 heteroatoms. The summed E-state index contributed by atoms with van der Waals surface area (Å²) in [6, 6.07) is 19.0. The molecule has 4 nitrogen and oxygen atoms in total. The molecule has 0 bridgehead atoms. The highest BCUT2D eigenvalue weighted by molar-refractivity contribution is 6.42. The fourth-order valence-electron chi connectivity index (χ4n) is 3.77. The van der Waals surface area contributed by atoms with Gasteiger partial charge in [-0.3, -0.25) is 9.59 Å². The Balaban J connectivity index is 2.03. The molecule has 3 aromatic carbocycles. The highest BCUT2D eigenvalue weighted by Crippen LogP contribution is 2.26. The first-order chi connectivity index (χ1) is 16.9.